The molecule has 0 radical (unpaired) electrons. The first-order valence-electron chi connectivity index (χ1n) is 5.04. The third-order valence-electron chi connectivity index (χ3n) is 2.02. The average Bonchev–Trinajstić information content (AvgIpc) is 2.19. The molecular formula is C11H15BrN2O2S. The van der Waals surface area contributed by atoms with Gasteiger partial charge in [0, 0.05) is 35.6 Å². The van der Waals surface area contributed by atoms with Gasteiger partial charge in [0.1, 0.15) is 11.0 Å². The molecule has 0 saturated heterocycles. The minimum Gasteiger partial charge on any atom is -0.317 e. The Morgan fingerprint density at radius 2 is 2.06 bits per heavy atom. The van der Waals surface area contributed by atoms with Gasteiger partial charge in [-0.25, -0.2) is 4.21 Å². The minimum absolute atomic E-state index is 0.129. The van der Waals surface area contributed by atoms with Crippen molar-refractivity contribution in [3.63, 3.8) is 0 Å². The van der Waals surface area contributed by atoms with Crippen LogP contribution in [0.1, 0.15) is 26.3 Å². The Labute approximate surface area is 111 Å². The molecule has 0 N–H and O–H groups in total. The van der Waals surface area contributed by atoms with Gasteiger partial charge in [0.2, 0.25) is 0 Å². The highest BCUT2D eigenvalue weighted by atomic mass is 79.9. The Bertz CT molecular complexity index is 529. The monoisotopic (exact) mass is 318 g/mol. The number of aryl methyl sites for hydroxylation is 1. The normalized spacial score (nSPS) is 14.2. The van der Waals surface area contributed by atoms with E-state index in [9.17, 15) is 9.00 Å². The highest BCUT2D eigenvalue weighted by Crippen LogP contribution is 2.14. The number of rotatable bonds is 2. The highest BCUT2D eigenvalue weighted by molar-refractivity contribution is 9.10. The molecule has 0 bridgehead atoms. The van der Waals surface area contributed by atoms with Crippen molar-refractivity contribution in [2.75, 3.05) is 0 Å². The lowest BCUT2D eigenvalue weighted by atomic mass is 10.3. The number of pyridine rings is 1. The summed E-state index contributed by atoms with van der Waals surface area (Å²) in [4.78, 5) is 11.4. The zero-order valence-electron chi connectivity index (χ0n) is 10.2. The molecule has 0 spiro atoms. The van der Waals surface area contributed by atoms with Gasteiger partial charge in [-0.2, -0.15) is 4.40 Å². The van der Waals surface area contributed by atoms with Crippen LogP contribution >= 0.6 is 15.9 Å². The van der Waals surface area contributed by atoms with E-state index in [1.54, 1.807) is 13.2 Å². The quantitative estimate of drug-likeness (QED) is 0.783. The van der Waals surface area contributed by atoms with Crippen molar-refractivity contribution >= 4 is 33.1 Å². The number of hydrogen-bond acceptors (Lipinski definition) is 2. The molecule has 94 valence electrons. The predicted octanol–water partition coefficient (Wildman–Crippen LogP) is 2.03. The molecule has 6 heteroatoms. The Hall–Kier alpha value is -0.750. The van der Waals surface area contributed by atoms with Gasteiger partial charge in [0.05, 0.1) is 4.75 Å². The van der Waals surface area contributed by atoms with Crippen molar-refractivity contribution in [2.45, 2.75) is 25.5 Å². The third-order valence-corrected chi connectivity index (χ3v) is 4.03. The lowest BCUT2D eigenvalue weighted by molar-refractivity contribution is 0.651. The lowest BCUT2D eigenvalue weighted by Crippen LogP contribution is -2.20. The molecule has 0 aromatic carbocycles. The summed E-state index contributed by atoms with van der Waals surface area (Å²) >= 11 is 3.33. The Kier molecular flexibility index (Phi) is 4.43. The standard InChI is InChI=1S/C11H15BrN2O2S/c1-11(2,3)17(16)13-6-8-5-10(15)14(4)7-9(8)12/h5-7H,1-4H3/b13-6+. The molecule has 0 saturated carbocycles. The maximum absolute atomic E-state index is 11.7. The van der Waals surface area contributed by atoms with Crippen LogP contribution in [0.5, 0.6) is 0 Å². The first-order chi connectivity index (χ1) is 7.71. The number of nitrogens with zero attached hydrogens (tertiary/aromatic N) is 2. The fourth-order valence-corrected chi connectivity index (χ4v) is 2.02. The first kappa shape index (κ1) is 14.3. The van der Waals surface area contributed by atoms with E-state index in [0.717, 1.165) is 4.47 Å². The molecule has 1 unspecified atom stereocenters. The summed E-state index contributed by atoms with van der Waals surface area (Å²) in [5.74, 6) is 0. The van der Waals surface area contributed by atoms with E-state index in [2.05, 4.69) is 20.3 Å². The summed E-state index contributed by atoms with van der Waals surface area (Å²) in [6.45, 7) is 5.54. The van der Waals surface area contributed by atoms with E-state index >= 15 is 0 Å². The van der Waals surface area contributed by atoms with Gasteiger partial charge < -0.3 is 4.57 Å². The summed E-state index contributed by atoms with van der Waals surface area (Å²) in [5.41, 5.74) is 0.502. The summed E-state index contributed by atoms with van der Waals surface area (Å²) in [5, 5.41) is 0. The topological polar surface area (TPSA) is 51.4 Å². The zero-order chi connectivity index (χ0) is 13.2. The van der Waals surface area contributed by atoms with Gasteiger partial charge in [-0.05, 0) is 36.7 Å². The highest BCUT2D eigenvalue weighted by Gasteiger charge is 2.18. The second-order valence-corrected chi connectivity index (χ2v) is 7.41. The van der Waals surface area contributed by atoms with Crippen LogP contribution in [0.15, 0.2) is 25.9 Å². The molecule has 1 atom stereocenters. The van der Waals surface area contributed by atoms with Gasteiger partial charge in [0.15, 0.2) is 0 Å². The summed E-state index contributed by atoms with van der Waals surface area (Å²) < 4.78 is 17.5. The molecule has 1 rings (SSSR count). The van der Waals surface area contributed by atoms with Crippen LogP contribution in [-0.4, -0.2) is 19.7 Å². The van der Waals surface area contributed by atoms with Crippen molar-refractivity contribution in [3.8, 4) is 0 Å². The second-order valence-electron chi connectivity index (χ2n) is 4.62. The van der Waals surface area contributed by atoms with Gasteiger partial charge in [-0.1, -0.05) is 0 Å². The van der Waals surface area contributed by atoms with Crippen LogP contribution in [0.2, 0.25) is 0 Å². The predicted molar refractivity (Wildman–Crippen MR) is 74.9 cm³/mol. The van der Waals surface area contributed by atoms with Crippen molar-refractivity contribution in [3.05, 3.63) is 32.7 Å². The summed E-state index contributed by atoms with van der Waals surface area (Å²) in [7, 11) is 0.350. The molecular weight excluding hydrogens is 304 g/mol. The van der Waals surface area contributed by atoms with Crippen molar-refractivity contribution in [1.82, 2.24) is 4.57 Å². The first-order valence-corrected chi connectivity index (χ1v) is 6.94. The van der Waals surface area contributed by atoms with E-state index in [1.165, 1.54) is 16.8 Å². The molecule has 0 aliphatic heterocycles. The van der Waals surface area contributed by atoms with Gasteiger partial charge in [0.25, 0.3) is 5.56 Å². The minimum atomic E-state index is -1.32. The molecule has 0 amide bonds. The fourth-order valence-electron chi connectivity index (χ4n) is 0.974. The molecule has 0 aliphatic carbocycles. The smallest absolute Gasteiger partial charge is 0.250 e. The Balaban J connectivity index is 3.05. The number of aromatic nitrogens is 1. The molecule has 1 aromatic rings. The maximum atomic E-state index is 11.7. The fraction of sp³-hybridized carbons (Fsp3) is 0.455. The molecule has 4 nitrogen and oxygen atoms in total. The van der Waals surface area contributed by atoms with E-state index in [4.69, 9.17) is 0 Å². The van der Waals surface area contributed by atoms with Crippen LogP contribution in [0.25, 0.3) is 0 Å². The molecule has 1 heterocycles. The molecule has 0 aliphatic rings. The summed E-state index contributed by atoms with van der Waals surface area (Å²) in [6, 6.07) is 1.45. The zero-order valence-corrected chi connectivity index (χ0v) is 12.6. The number of hydrogen-bond donors (Lipinski definition) is 0. The van der Waals surface area contributed by atoms with Crippen LogP contribution < -0.4 is 5.56 Å². The number of halogens is 1. The maximum Gasteiger partial charge on any atom is 0.250 e. The Morgan fingerprint density at radius 3 is 2.59 bits per heavy atom. The SMILES string of the molecule is Cn1cc(Br)c(/C=N/S(=O)C(C)(C)C)cc1=O. The molecule has 17 heavy (non-hydrogen) atoms. The lowest BCUT2D eigenvalue weighted by Gasteiger charge is -2.12. The second kappa shape index (κ2) is 5.27. The Morgan fingerprint density at radius 1 is 1.47 bits per heavy atom. The van der Waals surface area contributed by atoms with Crippen LogP contribution in [-0.2, 0) is 18.0 Å². The summed E-state index contributed by atoms with van der Waals surface area (Å²) in [6.07, 6.45) is 3.12. The van der Waals surface area contributed by atoms with Crippen LogP contribution in [0.4, 0.5) is 0 Å². The largest absolute Gasteiger partial charge is 0.317 e. The van der Waals surface area contributed by atoms with Crippen LogP contribution in [0, 0.1) is 0 Å². The third kappa shape index (κ3) is 3.89. The average molecular weight is 319 g/mol. The van der Waals surface area contributed by atoms with E-state index in [1.807, 2.05) is 20.8 Å². The van der Waals surface area contributed by atoms with Crippen molar-refractivity contribution < 1.29 is 4.21 Å². The van der Waals surface area contributed by atoms with Gasteiger partial charge in [-0.15, -0.1) is 0 Å². The van der Waals surface area contributed by atoms with Crippen LogP contribution in [0.3, 0.4) is 0 Å². The van der Waals surface area contributed by atoms with E-state index < -0.39 is 15.7 Å². The van der Waals surface area contributed by atoms with Crippen molar-refractivity contribution in [1.29, 1.82) is 0 Å². The molecule has 0 fully saturated rings. The van der Waals surface area contributed by atoms with Gasteiger partial charge >= 0.3 is 0 Å². The van der Waals surface area contributed by atoms with E-state index in [-0.39, 0.29) is 5.56 Å². The van der Waals surface area contributed by atoms with Gasteiger partial charge in [-0.3, -0.25) is 4.79 Å². The van der Waals surface area contributed by atoms with Crippen molar-refractivity contribution in [2.24, 2.45) is 11.4 Å². The van der Waals surface area contributed by atoms with E-state index in [0.29, 0.717) is 5.56 Å². The molecule has 1 aromatic heterocycles.